The van der Waals surface area contributed by atoms with Gasteiger partial charge in [-0.05, 0) is 44.2 Å². The molecule has 10 heteroatoms. The van der Waals surface area contributed by atoms with Gasteiger partial charge in [0.25, 0.3) is 5.91 Å². The van der Waals surface area contributed by atoms with Crippen LogP contribution in [-0.2, 0) is 0 Å². The lowest BCUT2D eigenvalue weighted by Crippen LogP contribution is -2.26. The van der Waals surface area contributed by atoms with Gasteiger partial charge in [-0.2, -0.15) is 4.98 Å². The normalized spacial score (nSPS) is 12.3. The Morgan fingerprint density at radius 3 is 2.62 bits per heavy atom. The van der Waals surface area contributed by atoms with Crippen LogP contribution < -0.4 is 10.2 Å². The Kier molecular flexibility index (Phi) is 5.13. The molecule has 0 radical (unpaired) electrons. The quantitative estimate of drug-likeness (QED) is 0.468. The van der Waals surface area contributed by atoms with Crippen molar-refractivity contribution in [2.24, 2.45) is 0 Å². The second-order valence-electron chi connectivity index (χ2n) is 6.79. The number of anilines is 1. The Labute approximate surface area is 179 Å². The van der Waals surface area contributed by atoms with Crippen molar-refractivity contribution >= 4 is 49.5 Å². The predicted molar refractivity (Wildman–Crippen MR) is 116 cm³/mol. The van der Waals surface area contributed by atoms with Crippen LogP contribution >= 0.6 is 27.3 Å². The van der Waals surface area contributed by atoms with E-state index in [0.717, 1.165) is 26.5 Å². The molecule has 3 heterocycles. The van der Waals surface area contributed by atoms with E-state index in [4.69, 9.17) is 9.51 Å². The highest BCUT2D eigenvalue weighted by Gasteiger charge is 2.22. The van der Waals surface area contributed by atoms with Crippen LogP contribution in [0.25, 0.3) is 16.0 Å². The monoisotopic (exact) mass is 474 g/mol. The molecule has 1 amide bonds. The first-order valence-electron chi connectivity index (χ1n) is 8.90. The number of carbonyl (C=O) groups excluding carboxylic acids is 1. The Morgan fingerprint density at radius 2 is 2.00 bits per heavy atom. The average Bonchev–Trinajstić information content (AvgIpc) is 3.36. The Hall–Kier alpha value is -2.72. The number of hydrogen-bond acceptors (Lipinski definition) is 7. The minimum Gasteiger partial charge on any atom is -0.348 e. The smallest absolute Gasteiger partial charge is 0.262 e. The van der Waals surface area contributed by atoms with Crippen molar-refractivity contribution in [3.63, 3.8) is 0 Å². The number of halogens is 1. The van der Waals surface area contributed by atoms with Gasteiger partial charge in [0.15, 0.2) is 5.82 Å². The minimum absolute atomic E-state index is 0.204. The SMILES string of the molecule is Cc1noc(C(C)NC(=O)c2cc3nc(N(C)C)n(-c4ccc(Br)cc4)c3s2)n1. The third kappa shape index (κ3) is 3.77. The number of fused-ring (bicyclic) bond motifs is 1. The fraction of sp³-hybridized carbons (Fsp3) is 0.263. The molecule has 29 heavy (non-hydrogen) atoms. The predicted octanol–water partition coefficient (Wildman–Crippen LogP) is 4.10. The molecule has 150 valence electrons. The molecule has 4 aromatic rings. The first kappa shape index (κ1) is 19.6. The third-order valence-corrected chi connectivity index (χ3v) is 5.92. The number of benzene rings is 1. The van der Waals surface area contributed by atoms with Crippen molar-refractivity contribution in [2.45, 2.75) is 19.9 Å². The maximum atomic E-state index is 12.8. The van der Waals surface area contributed by atoms with E-state index in [1.807, 2.05) is 60.8 Å². The lowest BCUT2D eigenvalue weighted by molar-refractivity contribution is 0.0936. The van der Waals surface area contributed by atoms with Crippen LogP contribution in [0, 0.1) is 6.92 Å². The number of hydrogen-bond donors (Lipinski definition) is 1. The fourth-order valence-electron chi connectivity index (χ4n) is 2.91. The summed E-state index contributed by atoms with van der Waals surface area (Å²) in [7, 11) is 3.89. The molecular formula is C19H19BrN6O2S. The summed E-state index contributed by atoms with van der Waals surface area (Å²) in [6.45, 7) is 3.55. The van der Waals surface area contributed by atoms with Gasteiger partial charge in [0.05, 0.1) is 4.88 Å². The number of carbonyl (C=O) groups is 1. The summed E-state index contributed by atoms with van der Waals surface area (Å²) in [5, 5.41) is 6.67. The van der Waals surface area contributed by atoms with Crippen LogP contribution in [0.15, 0.2) is 39.3 Å². The molecule has 1 aromatic carbocycles. The van der Waals surface area contributed by atoms with Crippen LogP contribution in [0.3, 0.4) is 0 Å². The molecule has 0 saturated carbocycles. The van der Waals surface area contributed by atoms with Crippen molar-refractivity contribution in [1.29, 1.82) is 0 Å². The van der Waals surface area contributed by atoms with Gasteiger partial charge in [-0.1, -0.05) is 21.1 Å². The standard InChI is InChI=1S/C19H19BrN6O2S/c1-10(17-22-11(2)24-28-17)21-16(27)15-9-14-18(29-15)26(19(23-14)25(3)4)13-7-5-12(20)6-8-13/h5-10H,1-4H3,(H,21,27). The van der Waals surface area contributed by atoms with Gasteiger partial charge in [0, 0.05) is 24.3 Å². The molecule has 0 saturated heterocycles. The van der Waals surface area contributed by atoms with E-state index in [-0.39, 0.29) is 11.9 Å². The van der Waals surface area contributed by atoms with Crippen molar-refractivity contribution in [1.82, 2.24) is 25.0 Å². The maximum absolute atomic E-state index is 12.8. The molecule has 4 rings (SSSR count). The van der Waals surface area contributed by atoms with Crippen LogP contribution in [0.4, 0.5) is 5.95 Å². The van der Waals surface area contributed by atoms with Crippen molar-refractivity contribution in [2.75, 3.05) is 19.0 Å². The van der Waals surface area contributed by atoms with Crippen LogP contribution in [0.5, 0.6) is 0 Å². The molecule has 3 aromatic heterocycles. The first-order chi connectivity index (χ1) is 13.8. The molecule has 1 unspecified atom stereocenters. The average molecular weight is 475 g/mol. The number of aromatic nitrogens is 4. The molecule has 8 nitrogen and oxygen atoms in total. The van der Waals surface area contributed by atoms with Crippen LogP contribution in [0.2, 0.25) is 0 Å². The highest BCUT2D eigenvalue weighted by molar-refractivity contribution is 9.10. The summed E-state index contributed by atoms with van der Waals surface area (Å²) in [6, 6.07) is 9.41. The van der Waals surface area contributed by atoms with Gasteiger partial charge >= 0.3 is 0 Å². The van der Waals surface area contributed by atoms with E-state index >= 15 is 0 Å². The summed E-state index contributed by atoms with van der Waals surface area (Å²) in [5.41, 5.74) is 1.75. The second kappa shape index (κ2) is 7.60. The zero-order valence-electron chi connectivity index (χ0n) is 16.3. The first-order valence-corrected chi connectivity index (χ1v) is 10.5. The van der Waals surface area contributed by atoms with Gasteiger partial charge < -0.3 is 14.7 Å². The van der Waals surface area contributed by atoms with E-state index in [2.05, 4.69) is 31.4 Å². The number of thiophene rings is 1. The van der Waals surface area contributed by atoms with Crippen molar-refractivity contribution < 1.29 is 9.32 Å². The molecule has 0 aliphatic heterocycles. The molecule has 1 N–H and O–H groups in total. The number of rotatable bonds is 5. The maximum Gasteiger partial charge on any atom is 0.262 e. The van der Waals surface area contributed by atoms with Crippen LogP contribution in [-0.4, -0.2) is 39.7 Å². The number of nitrogens with zero attached hydrogens (tertiary/aromatic N) is 5. The van der Waals surface area contributed by atoms with E-state index in [9.17, 15) is 4.79 Å². The van der Waals surface area contributed by atoms with Gasteiger partial charge in [-0.3, -0.25) is 9.36 Å². The topological polar surface area (TPSA) is 89.1 Å². The van der Waals surface area contributed by atoms with E-state index in [0.29, 0.717) is 16.6 Å². The van der Waals surface area contributed by atoms with E-state index in [1.165, 1.54) is 11.3 Å². The molecular weight excluding hydrogens is 456 g/mol. The summed E-state index contributed by atoms with van der Waals surface area (Å²) < 4.78 is 8.19. The Morgan fingerprint density at radius 1 is 1.28 bits per heavy atom. The summed E-state index contributed by atoms with van der Waals surface area (Å²) in [6.07, 6.45) is 0. The highest BCUT2D eigenvalue weighted by atomic mass is 79.9. The third-order valence-electron chi connectivity index (χ3n) is 4.29. The zero-order chi connectivity index (χ0) is 20.7. The second-order valence-corrected chi connectivity index (χ2v) is 8.74. The van der Waals surface area contributed by atoms with E-state index in [1.54, 1.807) is 6.92 Å². The summed E-state index contributed by atoms with van der Waals surface area (Å²) >= 11 is 4.86. The molecule has 0 fully saturated rings. The van der Waals surface area contributed by atoms with Crippen molar-refractivity contribution in [3.8, 4) is 5.69 Å². The van der Waals surface area contributed by atoms with Crippen molar-refractivity contribution in [3.05, 3.63) is 51.4 Å². The molecule has 0 spiro atoms. The number of imidazole rings is 1. The number of amides is 1. The molecule has 0 aliphatic carbocycles. The van der Waals surface area contributed by atoms with E-state index < -0.39 is 0 Å². The highest BCUT2D eigenvalue weighted by Crippen LogP contribution is 2.33. The van der Waals surface area contributed by atoms with Crippen LogP contribution in [0.1, 0.15) is 34.4 Å². The number of nitrogens with one attached hydrogen (secondary N) is 1. The van der Waals surface area contributed by atoms with Gasteiger partial charge in [0.2, 0.25) is 11.8 Å². The summed E-state index contributed by atoms with van der Waals surface area (Å²) in [4.78, 5) is 25.1. The lowest BCUT2D eigenvalue weighted by Gasteiger charge is -2.15. The van der Waals surface area contributed by atoms with Gasteiger partial charge in [-0.25, -0.2) is 4.98 Å². The van der Waals surface area contributed by atoms with Gasteiger partial charge in [-0.15, -0.1) is 11.3 Å². The minimum atomic E-state index is -0.385. The van der Waals surface area contributed by atoms with Gasteiger partial charge in [0.1, 0.15) is 16.4 Å². The molecule has 1 atom stereocenters. The summed E-state index contributed by atoms with van der Waals surface area (Å²) in [5.74, 6) is 1.51. The Balaban J connectivity index is 1.69. The Bertz CT molecular complexity index is 1180. The largest absolute Gasteiger partial charge is 0.348 e. The molecule has 0 aliphatic rings. The number of aryl methyl sites for hydroxylation is 1. The lowest BCUT2D eigenvalue weighted by atomic mass is 10.3. The molecule has 0 bridgehead atoms. The zero-order valence-corrected chi connectivity index (χ0v) is 18.7. The fourth-order valence-corrected chi connectivity index (χ4v) is 4.20.